The van der Waals surface area contributed by atoms with Crippen molar-refractivity contribution in [3.63, 3.8) is 0 Å². The highest BCUT2D eigenvalue weighted by molar-refractivity contribution is 14.1. The fraction of sp³-hybridized carbons (Fsp3) is 0.182. The van der Waals surface area contributed by atoms with Crippen LogP contribution in [0, 0.1) is 10.5 Å². The molecule has 0 aliphatic carbocycles. The second kappa shape index (κ2) is 5.44. The van der Waals surface area contributed by atoms with Gasteiger partial charge in [0.25, 0.3) is 5.56 Å². The van der Waals surface area contributed by atoms with E-state index in [0.29, 0.717) is 21.8 Å². The van der Waals surface area contributed by atoms with Crippen LogP contribution in [0.2, 0.25) is 0 Å². The van der Waals surface area contributed by atoms with E-state index in [4.69, 9.17) is 5.84 Å². The molecule has 2 aromatic rings. The third-order valence-electron chi connectivity index (χ3n) is 2.52. The maximum Gasteiger partial charge on any atom is 0.267 e. The molecule has 3 N–H and O–H groups in total. The Morgan fingerprint density at radius 3 is 2.78 bits per heavy atom. The molecular weight excluding hydrogens is 345 g/mol. The second-order valence-corrected chi connectivity index (χ2v) is 4.90. The lowest BCUT2D eigenvalue weighted by molar-refractivity contribution is 0.693. The summed E-state index contributed by atoms with van der Waals surface area (Å²) in [7, 11) is 0. The van der Waals surface area contributed by atoms with Gasteiger partial charge in [-0.3, -0.25) is 9.36 Å². The van der Waals surface area contributed by atoms with Crippen molar-refractivity contribution in [2.75, 3.05) is 5.43 Å². The zero-order valence-electron chi connectivity index (χ0n) is 9.72. The van der Waals surface area contributed by atoms with E-state index in [1.54, 1.807) is 30.0 Å². The lowest BCUT2D eigenvalue weighted by Crippen LogP contribution is -2.26. The number of aryl methyl sites for hydroxylation is 1. The summed E-state index contributed by atoms with van der Waals surface area (Å²) in [5, 5.41) is 0. The summed E-state index contributed by atoms with van der Waals surface area (Å²) in [5.74, 6) is 6.51. The van der Waals surface area contributed by atoms with E-state index in [-0.39, 0.29) is 5.56 Å². The maximum absolute atomic E-state index is 12.0. The average Bonchev–Trinajstić information content (AvgIpc) is 2.40. The predicted molar refractivity (Wildman–Crippen MR) is 77.1 cm³/mol. The number of halogens is 1. The number of anilines is 1. The van der Waals surface area contributed by atoms with Crippen molar-refractivity contribution in [3.05, 3.63) is 49.8 Å². The van der Waals surface area contributed by atoms with Crippen LogP contribution < -0.4 is 16.8 Å². The Morgan fingerprint density at radius 1 is 1.39 bits per heavy atom. The number of aromatic nitrogens is 3. The highest BCUT2D eigenvalue weighted by Gasteiger charge is 2.06. The molecule has 0 radical (unpaired) electrons. The Labute approximate surface area is 117 Å². The average molecular weight is 357 g/mol. The van der Waals surface area contributed by atoms with Crippen LogP contribution in [0.3, 0.4) is 0 Å². The van der Waals surface area contributed by atoms with Gasteiger partial charge in [-0.2, -0.15) is 0 Å². The van der Waals surface area contributed by atoms with Crippen molar-refractivity contribution in [3.8, 4) is 0 Å². The molecule has 7 heteroatoms. The fourth-order valence-electron chi connectivity index (χ4n) is 1.52. The van der Waals surface area contributed by atoms with Crippen molar-refractivity contribution >= 4 is 28.4 Å². The highest BCUT2D eigenvalue weighted by Crippen LogP contribution is 2.06. The van der Waals surface area contributed by atoms with Crippen molar-refractivity contribution in [1.29, 1.82) is 0 Å². The lowest BCUT2D eigenvalue weighted by Gasteiger charge is -2.09. The molecule has 2 rings (SSSR count). The molecular formula is C11H12IN5O. The zero-order chi connectivity index (χ0) is 13.1. The van der Waals surface area contributed by atoms with Crippen LogP contribution in [-0.2, 0) is 6.54 Å². The minimum atomic E-state index is -0.0378. The molecule has 0 fully saturated rings. The van der Waals surface area contributed by atoms with Crippen LogP contribution in [0.15, 0.2) is 29.3 Å². The topological polar surface area (TPSA) is 85.8 Å². The van der Waals surface area contributed by atoms with E-state index >= 15 is 0 Å². The van der Waals surface area contributed by atoms with Gasteiger partial charge in [-0.25, -0.2) is 15.8 Å². The van der Waals surface area contributed by atoms with Crippen LogP contribution in [0.5, 0.6) is 0 Å². The van der Waals surface area contributed by atoms with E-state index in [9.17, 15) is 4.79 Å². The fourth-order valence-corrected chi connectivity index (χ4v) is 1.95. The van der Waals surface area contributed by atoms with Crippen molar-refractivity contribution < 1.29 is 0 Å². The van der Waals surface area contributed by atoms with Gasteiger partial charge in [-0.15, -0.1) is 0 Å². The lowest BCUT2D eigenvalue weighted by atomic mass is 10.2. The van der Waals surface area contributed by atoms with E-state index in [1.807, 2.05) is 28.7 Å². The Kier molecular flexibility index (Phi) is 3.92. The number of nitrogens with zero attached hydrogens (tertiary/aromatic N) is 3. The van der Waals surface area contributed by atoms with Gasteiger partial charge < -0.3 is 5.43 Å². The molecule has 0 saturated heterocycles. The Morgan fingerprint density at radius 2 is 2.17 bits per heavy atom. The number of nitrogens with two attached hydrogens (primary N) is 1. The number of nitrogen functional groups attached to an aromatic ring is 1. The van der Waals surface area contributed by atoms with Gasteiger partial charge in [-0.1, -0.05) is 6.07 Å². The van der Waals surface area contributed by atoms with Crippen molar-refractivity contribution in [1.82, 2.24) is 14.5 Å². The Balaban J connectivity index is 2.33. The molecule has 0 aliphatic heterocycles. The molecule has 0 saturated carbocycles. The van der Waals surface area contributed by atoms with Gasteiger partial charge in [0, 0.05) is 12.4 Å². The largest absolute Gasteiger partial charge is 0.308 e. The summed E-state index contributed by atoms with van der Waals surface area (Å²) in [6.07, 6.45) is 3.26. The minimum Gasteiger partial charge on any atom is -0.308 e. The molecule has 0 spiro atoms. The first-order valence-electron chi connectivity index (χ1n) is 5.25. The molecule has 0 aromatic carbocycles. The van der Waals surface area contributed by atoms with Crippen molar-refractivity contribution in [2.45, 2.75) is 13.5 Å². The maximum atomic E-state index is 12.0. The Hall–Kier alpha value is -1.48. The van der Waals surface area contributed by atoms with Crippen LogP contribution in [0.1, 0.15) is 11.4 Å². The monoisotopic (exact) mass is 357 g/mol. The molecule has 6 nitrogen and oxygen atoms in total. The number of hydrazine groups is 1. The van der Waals surface area contributed by atoms with Gasteiger partial charge in [0.05, 0.1) is 10.1 Å². The summed E-state index contributed by atoms with van der Waals surface area (Å²) in [6.45, 7) is 2.26. The molecule has 0 atom stereocenters. The minimum absolute atomic E-state index is 0.0378. The summed E-state index contributed by atoms with van der Waals surface area (Å²) in [6, 6.07) is 3.63. The third kappa shape index (κ3) is 2.67. The van der Waals surface area contributed by atoms with Gasteiger partial charge in [0.1, 0.15) is 11.6 Å². The van der Waals surface area contributed by atoms with E-state index in [1.165, 1.54) is 0 Å². The van der Waals surface area contributed by atoms with Crippen LogP contribution in [0.4, 0.5) is 5.82 Å². The first-order valence-corrected chi connectivity index (χ1v) is 6.33. The van der Waals surface area contributed by atoms with Gasteiger partial charge in [0.15, 0.2) is 0 Å². The Bertz CT molecular complexity index is 608. The molecule has 2 heterocycles. The standard InChI is InChI=1S/C11H12IN5O/c1-7-14-5-9(12)11(18)17(7)6-8-2-3-10(16-13)15-4-8/h2-5H,6,13H2,1H3,(H,15,16). The molecule has 2 aromatic heterocycles. The molecule has 0 aliphatic rings. The summed E-state index contributed by atoms with van der Waals surface area (Å²) >= 11 is 1.98. The van der Waals surface area contributed by atoms with Crippen molar-refractivity contribution in [2.24, 2.45) is 5.84 Å². The summed E-state index contributed by atoms with van der Waals surface area (Å²) in [4.78, 5) is 20.3. The zero-order valence-corrected chi connectivity index (χ0v) is 11.9. The second-order valence-electron chi connectivity index (χ2n) is 3.74. The molecule has 94 valence electrons. The number of rotatable bonds is 3. The third-order valence-corrected chi connectivity index (χ3v) is 3.26. The molecule has 18 heavy (non-hydrogen) atoms. The quantitative estimate of drug-likeness (QED) is 0.484. The number of hydrogen-bond donors (Lipinski definition) is 2. The van der Waals surface area contributed by atoms with Gasteiger partial charge in [0.2, 0.25) is 0 Å². The van der Waals surface area contributed by atoms with Gasteiger partial charge >= 0.3 is 0 Å². The van der Waals surface area contributed by atoms with Crippen LogP contribution >= 0.6 is 22.6 Å². The predicted octanol–water partition coefficient (Wildman–Crippen LogP) is 0.885. The number of nitrogens with one attached hydrogen (secondary N) is 1. The van der Waals surface area contributed by atoms with Crippen LogP contribution in [-0.4, -0.2) is 14.5 Å². The smallest absolute Gasteiger partial charge is 0.267 e. The van der Waals surface area contributed by atoms with E-state index < -0.39 is 0 Å². The first kappa shape index (κ1) is 13.0. The molecule has 0 bridgehead atoms. The number of pyridine rings is 1. The normalized spacial score (nSPS) is 10.4. The van der Waals surface area contributed by atoms with E-state index in [2.05, 4.69) is 15.4 Å². The van der Waals surface area contributed by atoms with E-state index in [0.717, 1.165) is 5.56 Å². The highest BCUT2D eigenvalue weighted by atomic mass is 127. The molecule has 0 unspecified atom stereocenters. The first-order chi connectivity index (χ1) is 8.61. The number of hydrogen-bond acceptors (Lipinski definition) is 5. The summed E-state index contributed by atoms with van der Waals surface area (Å²) < 4.78 is 2.22. The van der Waals surface area contributed by atoms with Crippen LogP contribution in [0.25, 0.3) is 0 Å². The van der Waals surface area contributed by atoms with Gasteiger partial charge in [-0.05, 0) is 41.1 Å². The summed E-state index contributed by atoms with van der Waals surface area (Å²) in [5.41, 5.74) is 3.34. The SMILES string of the molecule is Cc1ncc(I)c(=O)n1Cc1ccc(NN)nc1. The molecule has 0 amide bonds.